The van der Waals surface area contributed by atoms with Crippen molar-refractivity contribution in [2.24, 2.45) is 5.92 Å². The molecule has 0 spiro atoms. The molecule has 8 heteroatoms. The SMILES string of the molecule is O=C(Nc1nccc2c1ccn2C(=O)c1c(Cl)cc(CO)cc1Cl)C1CC1. The molecule has 6 nitrogen and oxygen atoms in total. The number of aromatic nitrogens is 2. The van der Waals surface area contributed by atoms with Crippen LogP contribution >= 0.6 is 23.2 Å². The smallest absolute Gasteiger partial charge is 0.265 e. The summed E-state index contributed by atoms with van der Waals surface area (Å²) in [6.07, 6.45) is 4.91. The quantitative estimate of drug-likeness (QED) is 0.692. The van der Waals surface area contributed by atoms with Gasteiger partial charge in [0.1, 0.15) is 5.82 Å². The lowest BCUT2D eigenvalue weighted by Gasteiger charge is -2.10. The third kappa shape index (κ3) is 3.32. The molecule has 2 heterocycles. The zero-order chi connectivity index (χ0) is 19.1. The highest BCUT2D eigenvalue weighted by molar-refractivity contribution is 6.40. The highest BCUT2D eigenvalue weighted by atomic mass is 35.5. The third-order valence-corrected chi connectivity index (χ3v) is 5.12. The number of carbonyl (C=O) groups excluding carboxylic acids is 2. The first-order chi connectivity index (χ1) is 13.0. The molecule has 0 bridgehead atoms. The molecule has 0 aliphatic heterocycles. The summed E-state index contributed by atoms with van der Waals surface area (Å²) >= 11 is 12.4. The summed E-state index contributed by atoms with van der Waals surface area (Å²) in [6, 6.07) is 6.42. The van der Waals surface area contributed by atoms with E-state index >= 15 is 0 Å². The molecule has 27 heavy (non-hydrogen) atoms. The summed E-state index contributed by atoms with van der Waals surface area (Å²) in [6.45, 7) is -0.226. The lowest BCUT2D eigenvalue weighted by Crippen LogP contribution is -2.15. The van der Waals surface area contributed by atoms with E-state index in [0.717, 1.165) is 12.8 Å². The van der Waals surface area contributed by atoms with Crippen molar-refractivity contribution in [1.82, 2.24) is 9.55 Å². The van der Waals surface area contributed by atoms with E-state index in [9.17, 15) is 14.7 Å². The van der Waals surface area contributed by atoms with Crippen molar-refractivity contribution in [2.75, 3.05) is 5.32 Å². The summed E-state index contributed by atoms with van der Waals surface area (Å²) in [5, 5.41) is 13.0. The molecule has 1 aliphatic carbocycles. The Bertz CT molecular complexity index is 1050. The summed E-state index contributed by atoms with van der Waals surface area (Å²) < 4.78 is 1.41. The molecule has 1 aromatic carbocycles. The Kier molecular flexibility index (Phi) is 4.63. The fraction of sp³-hybridized carbons (Fsp3) is 0.211. The van der Waals surface area contributed by atoms with E-state index in [4.69, 9.17) is 23.2 Å². The second kappa shape index (κ2) is 6.96. The van der Waals surface area contributed by atoms with Gasteiger partial charge in [0.2, 0.25) is 5.91 Å². The van der Waals surface area contributed by atoms with Crippen molar-refractivity contribution in [3.63, 3.8) is 0 Å². The molecule has 1 fully saturated rings. The molecule has 1 amide bonds. The topological polar surface area (TPSA) is 84.2 Å². The predicted molar refractivity (Wildman–Crippen MR) is 103 cm³/mol. The molecule has 0 saturated heterocycles. The Balaban J connectivity index is 1.74. The summed E-state index contributed by atoms with van der Waals surface area (Å²) in [5.74, 6) is 0.00659. The minimum absolute atomic E-state index is 0.0495. The summed E-state index contributed by atoms with van der Waals surface area (Å²) in [4.78, 5) is 29.3. The summed E-state index contributed by atoms with van der Waals surface area (Å²) in [7, 11) is 0. The minimum atomic E-state index is -0.407. The Morgan fingerprint density at radius 3 is 2.56 bits per heavy atom. The number of nitrogens with one attached hydrogen (secondary N) is 1. The average Bonchev–Trinajstić information content (AvgIpc) is 3.40. The maximum Gasteiger partial charge on any atom is 0.265 e. The first-order valence-corrected chi connectivity index (χ1v) is 9.15. The number of fused-ring (bicyclic) bond motifs is 1. The van der Waals surface area contributed by atoms with Gasteiger partial charge in [0.25, 0.3) is 5.91 Å². The molecule has 0 atom stereocenters. The van der Waals surface area contributed by atoms with Gasteiger partial charge in [0.05, 0.1) is 27.7 Å². The van der Waals surface area contributed by atoms with Crippen molar-refractivity contribution in [2.45, 2.75) is 19.4 Å². The maximum atomic E-state index is 13.0. The van der Waals surface area contributed by atoms with Crippen LogP contribution in [-0.4, -0.2) is 26.5 Å². The van der Waals surface area contributed by atoms with Crippen LogP contribution in [0.15, 0.2) is 36.7 Å². The van der Waals surface area contributed by atoms with Gasteiger partial charge in [-0.3, -0.25) is 14.2 Å². The van der Waals surface area contributed by atoms with Crippen LogP contribution in [0, 0.1) is 5.92 Å². The van der Waals surface area contributed by atoms with Gasteiger partial charge in [0.15, 0.2) is 0 Å². The van der Waals surface area contributed by atoms with Gasteiger partial charge in [-0.15, -0.1) is 0 Å². The van der Waals surface area contributed by atoms with Crippen LogP contribution in [0.1, 0.15) is 28.8 Å². The van der Waals surface area contributed by atoms with Crippen LogP contribution in [0.5, 0.6) is 0 Å². The number of halogens is 2. The molecule has 3 aromatic rings. The van der Waals surface area contributed by atoms with Gasteiger partial charge >= 0.3 is 0 Å². The van der Waals surface area contributed by atoms with Crippen LogP contribution in [0.4, 0.5) is 5.82 Å². The Morgan fingerprint density at radius 2 is 1.93 bits per heavy atom. The number of hydrogen-bond acceptors (Lipinski definition) is 4. The zero-order valence-corrected chi connectivity index (χ0v) is 15.6. The molecule has 1 aliphatic rings. The van der Waals surface area contributed by atoms with Crippen LogP contribution in [0.2, 0.25) is 10.0 Å². The fourth-order valence-corrected chi connectivity index (χ4v) is 3.64. The Morgan fingerprint density at radius 1 is 1.22 bits per heavy atom. The number of benzene rings is 1. The number of anilines is 1. The standard InChI is InChI=1S/C19H15Cl2N3O3/c20-13-7-10(9-25)8-14(21)16(13)19(27)24-6-4-12-15(24)3-5-22-17(12)23-18(26)11-1-2-11/h3-8,11,25H,1-2,9H2,(H,22,23,26). The van der Waals surface area contributed by atoms with Crippen molar-refractivity contribution in [3.8, 4) is 0 Å². The van der Waals surface area contributed by atoms with Gasteiger partial charge in [-0.25, -0.2) is 4.98 Å². The highest BCUT2D eigenvalue weighted by Gasteiger charge is 2.30. The number of aliphatic hydroxyl groups excluding tert-OH is 1. The first kappa shape index (κ1) is 18.0. The Hall–Kier alpha value is -2.41. The number of rotatable bonds is 4. The van der Waals surface area contributed by atoms with Gasteiger partial charge in [0, 0.05) is 23.7 Å². The Labute approximate surface area is 164 Å². The van der Waals surface area contributed by atoms with Crippen molar-refractivity contribution >= 4 is 51.7 Å². The van der Waals surface area contributed by atoms with E-state index in [2.05, 4.69) is 10.3 Å². The monoisotopic (exact) mass is 403 g/mol. The minimum Gasteiger partial charge on any atom is -0.392 e. The van der Waals surface area contributed by atoms with Crippen LogP contribution < -0.4 is 5.32 Å². The van der Waals surface area contributed by atoms with Gasteiger partial charge in [-0.05, 0) is 42.7 Å². The average molecular weight is 404 g/mol. The number of amides is 1. The normalized spacial score (nSPS) is 13.7. The molecule has 138 valence electrons. The van der Waals surface area contributed by atoms with Gasteiger partial charge < -0.3 is 10.4 Å². The van der Waals surface area contributed by atoms with E-state index in [1.54, 1.807) is 18.3 Å². The largest absolute Gasteiger partial charge is 0.392 e. The molecule has 2 aromatic heterocycles. The van der Waals surface area contributed by atoms with E-state index in [1.165, 1.54) is 22.9 Å². The van der Waals surface area contributed by atoms with Crippen molar-refractivity contribution in [1.29, 1.82) is 0 Å². The molecule has 0 unspecified atom stereocenters. The number of aliphatic hydroxyl groups is 1. The second-order valence-corrected chi connectivity index (χ2v) is 7.25. The third-order valence-electron chi connectivity index (χ3n) is 4.52. The second-order valence-electron chi connectivity index (χ2n) is 6.44. The molecule has 4 rings (SSSR count). The number of carbonyl (C=O) groups is 2. The van der Waals surface area contributed by atoms with E-state index in [1.807, 2.05) is 0 Å². The first-order valence-electron chi connectivity index (χ1n) is 8.40. The molecule has 1 saturated carbocycles. The molecule has 0 radical (unpaired) electrons. The van der Waals surface area contributed by atoms with Gasteiger partial charge in [-0.2, -0.15) is 0 Å². The van der Waals surface area contributed by atoms with Crippen LogP contribution in [0.3, 0.4) is 0 Å². The summed E-state index contributed by atoms with van der Waals surface area (Å²) in [5.41, 5.74) is 1.25. The highest BCUT2D eigenvalue weighted by Crippen LogP contribution is 2.32. The van der Waals surface area contributed by atoms with E-state index in [-0.39, 0.29) is 34.0 Å². The molecular weight excluding hydrogens is 389 g/mol. The lowest BCUT2D eigenvalue weighted by molar-refractivity contribution is -0.117. The van der Waals surface area contributed by atoms with E-state index < -0.39 is 5.91 Å². The van der Waals surface area contributed by atoms with Crippen LogP contribution in [0.25, 0.3) is 10.9 Å². The van der Waals surface area contributed by atoms with Crippen molar-refractivity contribution < 1.29 is 14.7 Å². The van der Waals surface area contributed by atoms with Crippen molar-refractivity contribution in [3.05, 3.63) is 57.8 Å². The number of nitrogens with zero attached hydrogens (tertiary/aromatic N) is 2. The lowest BCUT2D eigenvalue weighted by atomic mass is 10.1. The predicted octanol–water partition coefficient (Wildman–Crippen LogP) is 3.87. The zero-order valence-electron chi connectivity index (χ0n) is 14.1. The number of pyridine rings is 1. The van der Waals surface area contributed by atoms with Crippen LogP contribution in [-0.2, 0) is 11.4 Å². The fourth-order valence-electron chi connectivity index (χ4n) is 2.95. The number of hydrogen-bond donors (Lipinski definition) is 2. The van der Waals surface area contributed by atoms with Gasteiger partial charge in [-0.1, -0.05) is 23.2 Å². The molecule has 2 N–H and O–H groups in total. The van der Waals surface area contributed by atoms with E-state index in [0.29, 0.717) is 22.3 Å². The molecular formula is C19H15Cl2N3O3. The maximum absolute atomic E-state index is 13.0.